The number of thiocarbonyl (C=S) groups is 2. The van der Waals surface area contributed by atoms with Gasteiger partial charge in [-0.3, -0.25) is 21.0 Å². The summed E-state index contributed by atoms with van der Waals surface area (Å²) < 4.78 is 0. The summed E-state index contributed by atoms with van der Waals surface area (Å²) in [6.45, 7) is 2.00. The maximum absolute atomic E-state index is 11.5. The second-order valence-corrected chi connectivity index (χ2v) is 4.52. The predicted octanol–water partition coefficient (Wildman–Crippen LogP) is 0.747. The highest BCUT2D eigenvalue weighted by atomic mass is 32.1. The largest absolute Gasteiger partial charge is 0.375 e. The van der Waals surface area contributed by atoms with Crippen LogP contribution < -0.4 is 21.9 Å². The molecule has 100 valence electrons. The smallest absolute Gasteiger partial charge is 0.250 e. The number of hydrogen-bond donors (Lipinski definition) is 4. The van der Waals surface area contributed by atoms with Crippen LogP contribution in [0.4, 0.5) is 0 Å². The maximum atomic E-state index is 11.5. The standard InChI is InChI=1S/C12H14N4OS2/c1-8-2-4-9(5-3-8)6-7-10(17)14-12(19)16-15-11(13)18/h2-7H,1H3,(H3,13,15,18)(H2,14,16,17,19)/b7-6+. The molecule has 5 nitrogen and oxygen atoms in total. The SMILES string of the molecule is Cc1ccc(/C=C/C(=O)NC(=S)NNC(N)=S)cc1. The topological polar surface area (TPSA) is 79.2 Å². The highest BCUT2D eigenvalue weighted by molar-refractivity contribution is 7.80. The quantitative estimate of drug-likeness (QED) is 0.366. The van der Waals surface area contributed by atoms with E-state index in [1.807, 2.05) is 31.2 Å². The monoisotopic (exact) mass is 294 g/mol. The van der Waals surface area contributed by atoms with Crippen LogP contribution in [0.5, 0.6) is 0 Å². The molecule has 0 unspecified atom stereocenters. The van der Waals surface area contributed by atoms with Gasteiger partial charge in [-0.2, -0.15) is 0 Å². The lowest BCUT2D eigenvalue weighted by atomic mass is 10.1. The van der Waals surface area contributed by atoms with Crippen LogP contribution >= 0.6 is 24.4 Å². The molecule has 0 aromatic heterocycles. The minimum Gasteiger partial charge on any atom is -0.375 e. The van der Waals surface area contributed by atoms with E-state index in [9.17, 15) is 4.79 Å². The molecule has 0 saturated heterocycles. The average Bonchev–Trinajstić information content (AvgIpc) is 2.36. The van der Waals surface area contributed by atoms with E-state index < -0.39 is 0 Å². The first kappa shape index (κ1) is 15.1. The van der Waals surface area contributed by atoms with Crippen molar-refractivity contribution in [1.29, 1.82) is 0 Å². The molecule has 1 rings (SSSR count). The Kier molecular flexibility index (Phi) is 5.91. The number of amides is 1. The van der Waals surface area contributed by atoms with Crippen molar-refractivity contribution in [3.8, 4) is 0 Å². The molecule has 0 aliphatic rings. The molecular weight excluding hydrogens is 280 g/mol. The van der Waals surface area contributed by atoms with Crippen molar-refractivity contribution in [2.24, 2.45) is 5.73 Å². The van der Waals surface area contributed by atoms with E-state index in [4.69, 9.17) is 18.0 Å². The number of carbonyl (C=O) groups is 1. The molecule has 0 fully saturated rings. The maximum Gasteiger partial charge on any atom is 0.250 e. The minimum atomic E-state index is -0.345. The molecule has 1 amide bonds. The number of hydrogen-bond acceptors (Lipinski definition) is 3. The van der Waals surface area contributed by atoms with E-state index in [1.165, 1.54) is 6.08 Å². The number of benzene rings is 1. The lowest BCUT2D eigenvalue weighted by Gasteiger charge is -2.08. The molecule has 1 aromatic rings. The van der Waals surface area contributed by atoms with Crippen LogP contribution in [-0.2, 0) is 4.79 Å². The molecule has 0 atom stereocenters. The van der Waals surface area contributed by atoms with Gasteiger partial charge in [0, 0.05) is 6.08 Å². The number of nitrogens with one attached hydrogen (secondary N) is 3. The van der Waals surface area contributed by atoms with Gasteiger partial charge in [0.15, 0.2) is 10.2 Å². The first-order valence-electron chi connectivity index (χ1n) is 5.38. The summed E-state index contributed by atoms with van der Waals surface area (Å²) in [5.74, 6) is -0.345. The van der Waals surface area contributed by atoms with Crippen LogP contribution in [0.15, 0.2) is 30.3 Å². The van der Waals surface area contributed by atoms with Gasteiger partial charge in [0.25, 0.3) is 0 Å². The number of hydrazine groups is 1. The molecule has 7 heteroatoms. The molecule has 1 aromatic carbocycles. The van der Waals surface area contributed by atoms with Crippen molar-refractivity contribution in [2.45, 2.75) is 6.92 Å². The fourth-order valence-electron chi connectivity index (χ4n) is 1.15. The number of aryl methyl sites for hydroxylation is 1. The molecule has 0 aliphatic heterocycles. The average molecular weight is 294 g/mol. The van der Waals surface area contributed by atoms with E-state index in [0.717, 1.165) is 11.1 Å². The third-order valence-electron chi connectivity index (χ3n) is 2.04. The van der Waals surface area contributed by atoms with Crippen molar-refractivity contribution in [3.05, 3.63) is 41.5 Å². The van der Waals surface area contributed by atoms with Crippen molar-refractivity contribution < 1.29 is 4.79 Å². The van der Waals surface area contributed by atoms with Crippen LogP contribution in [0.2, 0.25) is 0 Å². The Morgan fingerprint density at radius 2 is 1.84 bits per heavy atom. The molecule has 0 spiro atoms. The zero-order chi connectivity index (χ0) is 14.3. The Bertz CT molecular complexity index is 511. The Morgan fingerprint density at radius 3 is 2.42 bits per heavy atom. The summed E-state index contributed by atoms with van der Waals surface area (Å²) in [7, 11) is 0. The summed E-state index contributed by atoms with van der Waals surface area (Å²) in [6, 6.07) is 7.78. The summed E-state index contributed by atoms with van der Waals surface area (Å²) in [4.78, 5) is 11.5. The second kappa shape index (κ2) is 7.45. The number of rotatable bonds is 2. The molecular formula is C12H14N4OS2. The highest BCUT2D eigenvalue weighted by Gasteiger charge is 1.99. The second-order valence-electron chi connectivity index (χ2n) is 3.68. The summed E-state index contributed by atoms with van der Waals surface area (Å²) >= 11 is 9.41. The van der Waals surface area contributed by atoms with Crippen LogP contribution in [0.3, 0.4) is 0 Å². The molecule has 0 bridgehead atoms. The Hall–Kier alpha value is -1.99. The minimum absolute atomic E-state index is 0.0341. The summed E-state index contributed by atoms with van der Waals surface area (Å²) in [5.41, 5.74) is 12.2. The fraction of sp³-hybridized carbons (Fsp3) is 0.0833. The number of carbonyl (C=O) groups excluding carboxylic acids is 1. The van der Waals surface area contributed by atoms with E-state index in [2.05, 4.69) is 28.4 Å². The van der Waals surface area contributed by atoms with Crippen molar-refractivity contribution >= 4 is 46.6 Å². The van der Waals surface area contributed by atoms with Crippen LogP contribution in [-0.4, -0.2) is 16.1 Å². The first-order valence-corrected chi connectivity index (χ1v) is 6.20. The number of nitrogens with two attached hydrogens (primary N) is 1. The van der Waals surface area contributed by atoms with Crippen molar-refractivity contribution in [2.75, 3.05) is 0 Å². The van der Waals surface area contributed by atoms with Crippen LogP contribution in [0.25, 0.3) is 6.08 Å². The molecule has 0 saturated carbocycles. The summed E-state index contributed by atoms with van der Waals surface area (Å²) in [5, 5.41) is 2.56. The first-order chi connectivity index (χ1) is 8.97. The Balaban J connectivity index is 2.44. The van der Waals surface area contributed by atoms with Crippen LogP contribution in [0, 0.1) is 6.92 Å². The van der Waals surface area contributed by atoms with E-state index >= 15 is 0 Å². The lowest BCUT2D eigenvalue weighted by Crippen LogP contribution is -2.49. The normalized spacial score (nSPS) is 9.95. The van der Waals surface area contributed by atoms with Gasteiger partial charge in [-0.25, -0.2) is 0 Å². The molecule has 5 N–H and O–H groups in total. The van der Waals surface area contributed by atoms with Gasteiger partial charge >= 0.3 is 0 Å². The van der Waals surface area contributed by atoms with Gasteiger partial charge in [0.2, 0.25) is 5.91 Å². The lowest BCUT2D eigenvalue weighted by molar-refractivity contribution is -0.115. The van der Waals surface area contributed by atoms with E-state index in [0.29, 0.717) is 0 Å². The zero-order valence-corrected chi connectivity index (χ0v) is 11.9. The Labute approximate surface area is 122 Å². The van der Waals surface area contributed by atoms with E-state index in [1.54, 1.807) is 6.08 Å². The van der Waals surface area contributed by atoms with Gasteiger partial charge < -0.3 is 5.73 Å². The third kappa shape index (κ3) is 6.49. The molecule has 19 heavy (non-hydrogen) atoms. The summed E-state index contributed by atoms with van der Waals surface area (Å²) in [6.07, 6.45) is 3.08. The van der Waals surface area contributed by atoms with Gasteiger partial charge in [-0.1, -0.05) is 29.8 Å². The predicted molar refractivity (Wildman–Crippen MR) is 84.0 cm³/mol. The Morgan fingerprint density at radius 1 is 1.21 bits per heavy atom. The van der Waals surface area contributed by atoms with Gasteiger partial charge in [0.05, 0.1) is 0 Å². The van der Waals surface area contributed by atoms with Gasteiger partial charge in [-0.15, -0.1) is 0 Å². The third-order valence-corrected chi connectivity index (χ3v) is 2.35. The van der Waals surface area contributed by atoms with Gasteiger partial charge in [0.1, 0.15) is 0 Å². The van der Waals surface area contributed by atoms with Crippen molar-refractivity contribution in [1.82, 2.24) is 16.2 Å². The van der Waals surface area contributed by atoms with Crippen LogP contribution in [0.1, 0.15) is 11.1 Å². The molecule has 0 heterocycles. The van der Waals surface area contributed by atoms with E-state index in [-0.39, 0.29) is 16.1 Å². The fourth-order valence-corrected chi connectivity index (χ4v) is 1.36. The zero-order valence-electron chi connectivity index (χ0n) is 10.3. The molecule has 0 radical (unpaired) electrons. The van der Waals surface area contributed by atoms with Crippen molar-refractivity contribution in [3.63, 3.8) is 0 Å². The highest BCUT2D eigenvalue weighted by Crippen LogP contribution is 2.04. The van der Waals surface area contributed by atoms with Gasteiger partial charge in [-0.05, 0) is 43.0 Å². The molecule has 0 aliphatic carbocycles.